The van der Waals surface area contributed by atoms with Crippen molar-refractivity contribution in [3.8, 4) is 0 Å². The van der Waals surface area contributed by atoms with E-state index in [1.54, 1.807) is 6.07 Å². The highest BCUT2D eigenvalue weighted by molar-refractivity contribution is 6.07. The second-order valence-corrected chi connectivity index (χ2v) is 6.04. The van der Waals surface area contributed by atoms with Crippen molar-refractivity contribution in [2.75, 3.05) is 0 Å². The van der Waals surface area contributed by atoms with E-state index in [4.69, 9.17) is 5.11 Å². The largest absolute Gasteiger partial charge is 0.481 e. The predicted molar refractivity (Wildman–Crippen MR) is 84.9 cm³/mol. The van der Waals surface area contributed by atoms with E-state index in [0.29, 0.717) is 5.56 Å². The van der Waals surface area contributed by atoms with Gasteiger partial charge in [-0.2, -0.15) is 0 Å². The fourth-order valence-electron chi connectivity index (χ4n) is 3.42. The fourth-order valence-corrected chi connectivity index (χ4v) is 3.42. The van der Waals surface area contributed by atoms with Gasteiger partial charge >= 0.3 is 5.97 Å². The number of hydrogen-bond donors (Lipinski definition) is 2. The maximum Gasteiger partial charge on any atom is 0.305 e. The predicted octanol–water partition coefficient (Wildman–Crippen LogP) is 3.36. The van der Waals surface area contributed by atoms with Gasteiger partial charge in [-0.1, -0.05) is 49.2 Å². The van der Waals surface area contributed by atoms with Crippen molar-refractivity contribution in [3.63, 3.8) is 0 Å². The lowest BCUT2D eigenvalue weighted by Gasteiger charge is -2.29. The first-order chi connectivity index (χ1) is 10.6. The quantitative estimate of drug-likeness (QED) is 0.909. The van der Waals surface area contributed by atoms with Gasteiger partial charge in [0.25, 0.3) is 5.91 Å². The van der Waals surface area contributed by atoms with Gasteiger partial charge < -0.3 is 10.4 Å². The van der Waals surface area contributed by atoms with Gasteiger partial charge in [0.15, 0.2) is 0 Å². The number of carbonyl (C=O) groups is 2. The van der Waals surface area contributed by atoms with E-state index >= 15 is 0 Å². The van der Waals surface area contributed by atoms with Crippen LogP contribution in [0.25, 0.3) is 10.8 Å². The third-order valence-electron chi connectivity index (χ3n) is 4.46. The molecule has 0 spiro atoms. The lowest BCUT2D eigenvalue weighted by molar-refractivity contribution is -0.138. The van der Waals surface area contributed by atoms with Crippen molar-refractivity contribution >= 4 is 22.6 Å². The van der Waals surface area contributed by atoms with Crippen molar-refractivity contribution < 1.29 is 14.7 Å². The maximum atomic E-state index is 12.7. The van der Waals surface area contributed by atoms with Crippen molar-refractivity contribution in [2.24, 2.45) is 0 Å². The Labute approximate surface area is 129 Å². The number of carbonyl (C=O) groups excluding carboxylic acids is 1. The van der Waals surface area contributed by atoms with Gasteiger partial charge in [-0.15, -0.1) is 0 Å². The zero-order valence-electron chi connectivity index (χ0n) is 12.3. The van der Waals surface area contributed by atoms with Gasteiger partial charge in [-0.3, -0.25) is 9.59 Å². The summed E-state index contributed by atoms with van der Waals surface area (Å²) in [6.45, 7) is 0. The van der Waals surface area contributed by atoms with E-state index in [2.05, 4.69) is 5.32 Å². The Morgan fingerprint density at radius 3 is 2.45 bits per heavy atom. The van der Waals surface area contributed by atoms with Crippen LogP contribution in [0, 0.1) is 0 Å². The minimum Gasteiger partial charge on any atom is -0.481 e. The molecule has 4 heteroatoms. The highest BCUT2D eigenvalue weighted by atomic mass is 16.4. The summed E-state index contributed by atoms with van der Waals surface area (Å²) in [7, 11) is 0. The van der Waals surface area contributed by atoms with Crippen LogP contribution in [0.15, 0.2) is 42.5 Å². The summed E-state index contributed by atoms with van der Waals surface area (Å²) in [4.78, 5) is 23.8. The van der Waals surface area contributed by atoms with Gasteiger partial charge in [0, 0.05) is 5.56 Å². The molecule has 1 aliphatic carbocycles. The monoisotopic (exact) mass is 297 g/mol. The SMILES string of the molecule is O=C(O)CC1(NC(=O)c2cccc3ccccc23)CCCC1. The summed E-state index contributed by atoms with van der Waals surface area (Å²) in [6.07, 6.45) is 3.38. The normalized spacial score (nSPS) is 16.5. The van der Waals surface area contributed by atoms with E-state index < -0.39 is 11.5 Å². The van der Waals surface area contributed by atoms with Crippen LogP contribution in [-0.2, 0) is 4.79 Å². The summed E-state index contributed by atoms with van der Waals surface area (Å²) < 4.78 is 0. The average molecular weight is 297 g/mol. The number of amides is 1. The molecule has 0 aliphatic heterocycles. The molecule has 0 atom stereocenters. The average Bonchev–Trinajstić information content (AvgIpc) is 2.93. The first kappa shape index (κ1) is 14.6. The number of carboxylic acids is 1. The van der Waals surface area contributed by atoms with Crippen molar-refractivity contribution in [1.29, 1.82) is 0 Å². The second kappa shape index (κ2) is 5.79. The van der Waals surface area contributed by atoms with Gasteiger partial charge in [-0.05, 0) is 29.7 Å². The minimum atomic E-state index is -0.861. The Hall–Kier alpha value is -2.36. The van der Waals surface area contributed by atoms with Gasteiger partial charge in [0.2, 0.25) is 0 Å². The molecular weight excluding hydrogens is 278 g/mol. The molecule has 0 saturated heterocycles. The molecule has 2 aromatic rings. The second-order valence-electron chi connectivity index (χ2n) is 6.04. The topological polar surface area (TPSA) is 66.4 Å². The Kier molecular flexibility index (Phi) is 3.84. The van der Waals surface area contributed by atoms with Crippen LogP contribution in [0.2, 0.25) is 0 Å². The molecule has 114 valence electrons. The zero-order chi connectivity index (χ0) is 15.6. The molecule has 0 aromatic heterocycles. The van der Waals surface area contributed by atoms with Crippen LogP contribution in [-0.4, -0.2) is 22.5 Å². The van der Waals surface area contributed by atoms with Crippen LogP contribution < -0.4 is 5.32 Å². The molecule has 0 unspecified atom stereocenters. The first-order valence-corrected chi connectivity index (χ1v) is 7.62. The molecule has 0 bridgehead atoms. The van der Waals surface area contributed by atoms with Crippen molar-refractivity contribution in [3.05, 3.63) is 48.0 Å². The lowest BCUT2D eigenvalue weighted by Crippen LogP contribution is -2.47. The van der Waals surface area contributed by atoms with Gasteiger partial charge in [-0.25, -0.2) is 0 Å². The standard InChI is InChI=1S/C18H19NO3/c20-16(21)12-18(10-3-4-11-18)19-17(22)15-9-5-7-13-6-1-2-8-14(13)15/h1-2,5-9H,3-4,10-12H2,(H,19,22)(H,20,21). The van der Waals surface area contributed by atoms with Crippen LogP contribution >= 0.6 is 0 Å². The van der Waals surface area contributed by atoms with E-state index in [1.807, 2.05) is 36.4 Å². The summed E-state index contributed by atoms with van der Waals surface area (Å²) in [5.41, 5.74) is 0.00890. The third kappa shape index (κ3) is 2.82. The molecule has 22 heavy (non-hydrogen) atoms. The van der Waals surface area contributed by atoms with Crippen LogP contribution in [0.5, 0.6) is 0 Å². The smallest absolute Gasteiger partial charge is 0.305 e. The number of fused-ring (bicyclic) bond motifs is 1. The highest BCUT2D eigenvalue weighted by Crippen LogP contribution is 2.33. The molecule has 4 nitrogen and oxygen atoms in total. The Balaban J connectivity index is 1.91. The van der Waals surface area contributed by atoms with E-state index in [0.717, 1.165) is 36.5 Å². The molecule has 0 heterocycles. The number of nitrogens with one attached hydrogen (secondary N) is 1. The number of aliphatic carboxylic acids is 1. The summed E-state index contributed by atoms with van der Waals surface area (Å²) in [6, 6.07) is 13.3. The van der Waals surface area contributed by atoms with Crippen molar-refractivity contribution in [2.45, 2.75) is 37.6 Å². The minimum absolute atomic E-state index is 0.0104. The molecular formula is C18H19NO3. The number of hydrogen-bond acceptors (Lipinski definition) is 2. The van der Waals surface area contributed by atoms with E-state index in [1.165, 1.54) is 0 Å². The molecule has 1 aliphatic rings. The molecule has 1 fully saturated rings. The van der Waals surface area contributed by atoms with Crippen LogP contribution in [0.3, 0.4) is 0 Å². The molecule has 1 amide bonds. The fraction of sp³-hybridized carbons (Fsp3) is 0.333. The summed E-state index contributed by atoms with van der Waals surface area (Å²) in [5, 5.41) is 14.1. The Morgan fingerprint density at radius 2 is 1.73 bits per heavy atom. The molecule has 2 aromatic carbocycles. The zero-order valence-corrected chi connectivity index (χ0v) is 12.3. The molecule has 3 rings (SSSR count). The van der Waals surface area contributed by atoms with Crippen LogP contribution in [0.1, 0.15) is 42.5 Å². The Morgan fingerprint density at radius 1 is 1.05 bits per heavy atom. The molecule has 1 saturated carbocycles. The molecule has 0 radical (unpaired) electrons. The van der Waals surface area contributed by atoms with E-state index in [9.17, 15) is 9.59 Å². The van der Waals surface area contributed by atoms with Crippen molar-refractivity contribution in [1.82, 2.24) is 5.32 Å². The highest BCUT2D eigenvalue weighted by Gasteiger charge is 2.37. The number of benzene rings is 2. The molecule has 2 N–H and O–H groups in total. The van der Waals surface area contributed by atoms with Crippen LogP contribution in [0.4, 0.5) is 0 Å². The lowest BCUT2D eigenvalue weighted by atomic mass is 9.92. The maximum absolute atomic E-state index is 12.7. The Bertz CT molecular complexity index is 712. The van der Waals surface area contributed by atoms with E-state index in [-0.39, 0.29) is 12.3 Å². The first-order valence-electron chi connectivity index (χ1n) is 7.62. The number of rotatable bonds is 4. The summed E-state index contributed by atoms with van der Waals surface area (Å²) >= 11 is 0. The van der Waals surface area contributed by atoms with Gasteiger partial charge in [0.05, 0.1) is 12.0 Å². The number of carboxylic acid groups (broad SMARTS) is 1. The third-order valence-corrected chi connectivity index (χ3v) is 4.46. The summed E-state index contributed by atoms with van der Waals surface area (Å²) in [5.74, 6) is -1.04. The van der Waals surface area contributed by atoms with Gasteiger partial charge in [0.1, 0.15) is 0 Å².